The average molecular weight is 576 g/mol. The topological polar surface area (TPSA) is 49.8 Å². The van der Waals surface area contributed by atoms with Gasteiger partial charge in [0.25, 0.3) is 6.47 Å². The minimum Gasteiger partial charge on any atom is -0.489 e. The summed E-state index contributed by atoms with van der Waals surface area (Å²) in [6, 6.07) is 17.4. The van der Waals surface area contributed by atoms with Gasteiger partial charge in [0.15, 0.2) is 0 Å². The van der Waals surface area contributed by atoms with Crippen LogP contribution in [0.5, 0.6) is 5.75 Å². The zero-order valence-electron chi connectivity index (χ0n) is 26.1. The Bertz CT molecular complexity index is 1260. The largest absolute Gasteiger partial charge is 0.489 e. The third-order valence-electron chi connectivity index (χ3n) is 7.33. The Morgan fingerprint density at radius 3 is 2.37 bits per heavy atom. The summed E-state index contributed by atoms with van der Waals surface area (Å²) >= 11 is 2.04. The van der Waals surface area contributed by atoms with Crippen LogP contribution in [-0.4, -0.2) is 30.8 Å². The van der Waals surface area contributed by atoms with Crippen LogP contribution in [0.1, 0.15) is 69.0 Å². The molecule has 3 aromatic rings. The Balaban J connectivity index is 0.000000517. The van der Waals surface area contributed by atoms with E-state index in [1.165, 1.54) is 46.5 Å². The van der Waals surface area contributed by atoms with E-state index in [9.17, 15) is 0 Å². The lowest BCUT2D eigenvalue weighted by Gasteiger charge is -2.29. The molecule has 0 radical (unpaired) electrons. The summed E-state index contributed by atoms with van der Waals surface area (Å²) < 4.78 is 6.30. The summed E-state index contributed by atoms with van der Waals surface area (Å²) in [5.74, 6) is 0.982. The zero-order valence-corrected chi connectivity index (χ0v) is 26.9. The molecule has 1 aromatic heterocycles. The molecular formula is C36H49NO3S. The van der Waals surface area contributed by atoms with Gasteiger partial charge >= 0.3 is 0 Å². The van der Waals surface area contributed by atoms with Crippen molar-refractivity contribution < 1.29 is 14.6 Å². The van der Waals surface area contributed by atoms with E-state index in [0.29, 0.717) is 5.41 Å². The van der Waals surface area contributed by atoms with Crippen molar-refractivity contribution in [3.8, 4) is 16.2 Å². The fourth-order valence-corrected chi connectivity index (χ4v) is 6.60. The minimum atomic E-state index is -0.250. The lowest BCUT2D eigenvalue weighted by molar-refractivity contribution is -0.122. The molecule has 0 amide bonds. The molecule has 41 heavy (non-hydrogen) atoms. The van der Waals surface area contributed by atoms with Crippen LogP contribution < -0.4 is 9.64 Å². The lowest BCUT2D eigenvalue weighted by atomic mass is 9.76. The van der Waals surface area contributed by atoms with E-state index in [4.69, 9.17) is 14.6 Å². The molecular weight excluding hydrogens is 526 g/mol. The molecule has 2 aromatic carbocycles. The molecule has 2 heterocycles. The molecule has 1 atom stereocenters. The van der Waals surface area contributed by atoms with Crippen LogP contribution in [-0.2, 0) is 17.6 Å². The van der Waals surface area contributed by atoms with Crippen molar-refractivity contribution in [3.63, 3.8) is 0 Å². The van der Waals surface area contributed by atoms with Gasteiger partial charge in [-0.1, -0.05) is 88.4 Å². The van der Waals surface area contributed by atoms with Crippen LogP contribution in [0.4, 0.5) is 5.69 Å². The highest BCUT2D eigenvalue weighted by molar-refractivity contribution is 7.16. The predicted molar refractivity (Wildman–Crippen MR) is 178 cm³/mol. The van der Waals surface area contributed by atoms with Gasteiger partial charge in [0.1, 0.15) is 11.9 Å². The highest BCUT2D eigenvalue weighted by Gasteiger charge is 2.31. The van der Waals surface area contributed by atoms with E-state index >= 15 is 0 Å². The molecule has 1 aliphatic heterocycles. The standard InChI is InChI=1S/C28H33NOS.C5H8.C2H6.CH2O2/c1-19-9-11-21(12-10-19)30-22-14-16-29(18-22)25-8-6-5-7-23(25)27-20(2)24-17-28(3,4)15-13-26(24)31-27;1-3-5-4-2;1-2;2-1-3/h5-12,22H,13-18H2,1-4H3;3-5H,1H2,2H3;1-2H3;1H,(H,2,3)/b;5-4-;;/t22-;;;/m1.../s1. The summed E-state index contributed by atoms with van der Waals surface area (Å²) in [6.45, 7) is 20.5. The predicted octanol–water partition coefficient (Wildman–Crippen LogP) is 9.68. The number of carboxylic acid groups (broad SMARTS) is 1. The van der Waals surface area contributed by atoms with E-state index in [2.05, 4.69) is 87.7 Å². The van der Waals surface area contributed by atoms with E-state index in [1.54, 1.807) is 16.5 Å². The Kier molecular flexibility index (Phi) is 13.9. The SMILES string of the molecule is C=C/C=C\C.CC.Cc1ccc(O[C@@H]2CCN(c3ccccc3-c3sc4c(c3C)CC(C)(C)CC4)C2)cc1.O=CO. The Morgan fingerprint density at radius 1 is 1.10 bits per heavy atom. The van der Waals surface area contributed by atoms with E-state index in [1.807, 2.05) is 44.3 Å². The molecule has 222 valence electrons. The summed E-state index contributed by atoms with van der Waals surface area (Å²) in [5, 5.41) is 6.89. The van der Waals surface area contributed by atoms with Crippen LogP contribution in [0.2, 0.25) is 0 Å². The molecule has 1 aliphatic carbocycles. The van der Waals surface area contributed by atoms with Crippen molar-refractivity contribution in [2.45, 2.75) is 80.3 Å². The maximum absolute atomic E-state index is 8.36. The number of fused-ring (bicyclic) bond motifs is 1. The summed E-state index contributed by atoms with van der Waals surface area (Å²) in [7, 11) is 0. The van der Waals surface area contributed by atoms with Gasteiger partial charge in [-0.15, -0.1) is 11.3 Å². The molecule has 0 saturated carbocycles. The van der Waals surface area contributed by atoms with E-state index in [0.717, 1.165) is 25.3 Å². The Hall–Kier alpha value is -3.31. The molecule has 5 heteroatoms. The molecule has 1 saturated heterocycles. The van der Waals surface area contributed by atoms with Gasteiger partial charge in [-0.25, -0.2) is 0 Å². The number of benzene rings is 2. The highest BCUT2D eigenvalue weighted by atomic mass is 32.1. The van der Waals surface area contributed by atoms with Gasteiger partial charge in [-0.3, -0.25) is 4.79 Å². The molecule has 1 fully saturated rings. The Labute approximate surface area is 252 Å². The van der Waals surface area contributed by atoms with Gasteiger partial charge < -0.3 is 14.7 Å². The van der Waals surface area contributed by atoms with Gasteiger partial charge in [-0.2, -0.15) is 0 Å². The minimum absolute atomic E-state index is 0.245. The third kappa shape index (κ3) is 9.64. The van der Waals surface area contributed by atoms with Crippen LogP contribution in [0, 0.1) is 19.3 Å². The van der Waals surface area contributed by atoms with Crippen LogP contribution in [0.3, 0.4) is 0 Å². The first-order valence-electron chi connectivity index (χ1n) is 14.7. The number of hydrogen-bond acceptors (Lipinski definition) is 4. The second-order valence-electron chi connectivity index (χ2n) is 11.0. The molecule has 1 N–H and O–H groups in total. The first-order valence-corrected chi connectivity index (χ1v) is 15.5. The molecule has 0 spiro atoms. The number of anilines is 1. The molecule has 5 rings (SSSR count). The number of hydrogen-bond donors (Lipinski definition) is 1. The van der Waals surface area contributed by atoms with Crippen molar-refractivity contribution in [2.24, 2.45) is 5.41 Å². The smallest absolute Gasteiger partial charge is 0.290 e. The van der Waals surface area contributed by atoms with E-state index < -0.39 is 0 Å². The number of aryl methyl sites for hydroxylation is 2. The quantitative estimate of drug-likeness (QED) is 0.243. The lowest BCUT2D eigenvalue weighted by Crippen LogP contribution is -2.24. The second-order valence-corrected chi connectivity index (χ2v) is 12.1. The number of carbonyl (C=O) groups is 1. The monoisotopic (exact) mass is 575 g/mol. The van der Waals surface area contributed by atoms with Crippen LogP contribution >= 0.6 is 11.3 Å². The maximum atomic E-state index is 8.36. The first kappa shape index (κ1) is 33.9. The number of allylic oxidation sites excluding steroid dienone is 3. The van der Waals surface area contributed by atoms with Crippen molar-refractivity contribution in [1.82, 2.24) is 0 Å². The van der Waals surface area contributed by atoms with Crippen molar-refractivity contribution in [1.29, 1.82) is 0 Å². The molecule has 4 nitrogen and oxygen atoms in total. The summed E-state index contributed by atoms with van der Waals surface area (Å²) in [5.41, 5.74) is 7.57. The molecule has 0 bridgehead atoms. The normalized spacial score (nSPS) is 16.7. The second kappa shape index (κ2) is 16.8. The molecule has 2 aliphatic rings. The van der Waals surface area contributed by atoms with Crippen LogP contribution in [0.25, 0.3) is 10.4 Å². The van der Waals surface area contributed by atoms with Gasteiger partial charge in [0.05, 0.1) is 6.54 Å². The van der Waals surface area contributed by atoms with E-state index in [-0.39, 0.29) is 12.6 Å². The zero-order chi connectivity index (χ0) is 30.4. The number of thiophene rings is 1. The van der Waals surface area contributed by atoms with Gasteiger partial charge in [0, 0.05) is 34.0 Å². The van der Waals surface area contributed by atoms with Gasteiger partial charge in [0.2, 0.25) is 0 Å². The Morgan fingerprint density at radius 2 is 1.76 bits per heavy atom. The third-order valence-corrected chi connectivity index (χ3v) is 8.75. The van der Waals surface area contributed by atoms with Crippen molar-refractivity contribution >= 4 is 23.5 Å². The van der Waals surface area contributed by atoms with Gasteiger partial charge in [-0.05, 0) is 74.8 Å². The number of ether oxygens (including phenoxy) is 1. The number of nitrogens with zero attached hydrogens (tertiary/aromatic N) is 1. The highest BCUT2D eigenvalue weighted by Crippen LogP contribution is 2.47. The first-order chi connectivity index (χ1) is 19.7. The molecule has 0 unspecified atom stereocenters. The fraction of sp³-hybridized carbons (Fsp3) is 0.417. The van der Waals surface area contributed by atoms with Crippen LogP contribution in [0.15, 0.2) is 73.3 Å². The van der Waals surface area contributed by atoms with Crippen molar-refractivity contribution in [3.05, 3.63) is 94.9 Å². The summed E-state index contributed by atoms with van der Waals surface area (Å²) in [6.07, 6.45) is 10.6. The summed E-state index contributed by atoms with van der Waals surface area (Å²) in [4.78, 5) is 14.0. The number of rotatable bonds is 5. The average Bonchev–Trinajstić information content (AvgIpc) is 3.56. The number of para-hydroxylation sites is 1. The maximum Gasteiger partial charge on any atom is 0.290 e. The fourth-order valence-electron chi connectivity index (χ4n) is 5.25. The van der Waals surface area contributed by atoms with Crippen molar-refractivity contribution in [2.75, 3.05) is 18.0 Å².